The molecule has 0 bridgehead atoms. The van der Waals surface area contributed by atoms with Crippen LogP contribution in [0.4, 0.5) is 0 Å². The summed E-state index contributed by atoms with van der Waals surface area (Å²) in [6.45, 7) is 2.89. The minimum Gasteiger partial charge on any atom is -0.352 e. The number of carbonyl (C=O) groups is 1. The lowest BCUT2D eigenvalue weighted by atomic mass is 10.2. The standard InChI is InChI=1S/C10H20N2O2S/c1-8(5-7-15(2)14)12-10(13)9-4-3-6-11-9/h8-9,11H,3-7H2,1-2H3,(H,12,13). The molecule has 3 atom stereocenters. The van der Waals surface area contributed by atoms with Crippen LogP contribution in [0.2, 0.25) is 0 Å². The van der Waals surface area contributed by atoms with Gasteiger partial charge in [0.1, 0.15) is 0 Å². The number of amides is 1. The first-order valence-electron chi connectivity index (χ1n) is 5.43. The number of hydrogen-bond acceptors (Lipinski definition) is 3. The van der Waals surface area contributed by atoms with Crippen molar-refractivity contribution in [3.8, 4) is 0 Å². The van der Waals surface area contributed by atoms with Crippen molar-refractivity contribution < 1.29 is 9.00 Å². The average Bonchev–Trinajstić information content (AvgIpc) is 2.67. The van der Waals surface area contributed by atoms with Gasteiger partial charge in [0.2, 0.25) is 5.91 Å². The summed E-state index contributed by atoms with van der Waals surface area (Å²) in [5.74, 6) is 0.737. The molecule has 0 aliphatic carbocycles. The predicted octanol–water partition coefficient (Wildman–Crippen LogP) is 0.0117. The molecule has 1 saturated heterocycles. The Balaban J connectivity index is 2.21. The van der Waals surface area contributed by atoms with Gasteiger partial charge in [-0.2, -0.15) is 0 Å². The fraction of sp³-hybridized carbons (Fsp3) is 0.900. The molecule has 1 rings (SSSR count). The molecule has 0 radical (unpaired) electrons. The quantitative estimate of drug-likeness (QED) is 0.702. The van der Waals surface area contributed by atoms with Gasteiger partial charge in [0.25, 0.3) is 0 Å². The lowest BCUT2D eigenvalue weighted by Gasteiger charge is -2.16. The van der Waals surface area contributed by atoms with E-state index in [0.29, 0.717) is 5.75 Å². The van der Waals surface area contributed by atoms with Crippen LogP contribution in [0.15, 0.2) is 0 Å². The predicted molar refractivity (Wildman–Crippen MR) is 62.2 cm³/mol. The van der Waals surface area contributed by atoms with Gasteiger partial charge in [-0.25, -0.2) is 0 Å². The topological polar surface area (TPSA) is 58.2 Å². The lowest BCUT2D eigenvalue weighted by molar-refractivity contribution is -0.123. The highest BCUT2D eigenvalue weighted by Gasteiger charge is 2.22. The molecule has 1 amide bonds. The maximum Gasteiger partial charge on any atom is 0.237 e. The van der Waals surface area contributed by atoms with Crippen LogP contribution in [-0.2, 0) is 15.6 Å². The summed E-state index contributed by atoms with van der Waals surface area (Å²) in [6, 6.07) is 0.100. The lowest BCUT2D eigenvalue weighted by Crippen LogP contribution is -2.44. The SMILES string of the molecule is CC(CCS(C)=O)NC(=O)C1CCCN1. The van der Waals surface area contributed by atoms with Gasteiger partial charge in [-0.05, 0) is 32.7 Å². The van der Waals surface area contributed by atoms with Crippen molar-refractivity contribution >= 4 is 16.7 Å². The average molecular weight is 232 g/mol. The van der Waals surface area contributed by atoms with E-state index in [9.17, 15) is 9.00 Å². The maximum absolute atomic E-state index is 11.7. The zero-order chi connectivity index (χ0) is 11.3. The van der Waals surface area contributed by atoms with Gasteiger partial charge in [-0.3, -0.25) is 9.00 Å². The monoisotopic (exact) mass is 232 g/mol. The molecule has 1 aliphatic rings. The zero-order valence-electron chi connectivity index (χ0n) is 9.41. The summed E-state index contributed by atoms with van der Waals surface area (Å²) in [5.41, 5.74) is 0. The Kier molecular flexibility index (Phi) is 5.25. The Morgan fingerprint density at radius 1 is 1.67 bits per heavy atom. The van der Waals surface area contributed by atoms with Crippen LogP contribution >= 0.6 is 0 Å². The second kappa shape index (κ2) is 6.23. The summed E-state index contributed by atoms with van der Waals surface area (Å²) in [7, 11) is -0.770. The summed E-state index contributed by atoms with van der Waals surface area (Å²) in [5, 5.41) is 6.10. The molecule has 3 unspecified atom stereocenters. The molecular formula is C10H20N2O2S. The zero-order valence-corrected chi connectivity index (χ0v) is 10.2. The molecule has 0 aromatic rings. The van der Waals surface area contributed by atoms with Crippen molar-refractivity contribution in [1.82, 2.24) is 10.6 Å². The van der Waals surface area contributed by atoms with Gasteiger partial charge in [-0.1, -0.05) is 0 Å². The normalized spacial score (nSPS) is 24.8. The molecular weight excluding hydrogens is 212 g/mol. The molecule has 1 fully saturated rings. The highest BCUT2D eigenvalue weighted by Crippen LogP contribution is 2.05. The molecule has 0 spiro atoms. The first-order chi connectivity index (χ1) is 7.09. The molecule has 0 aromatic carbocycles. The third-order valence-corrected chi connectivity index (χ3v) is 3.41. The molecule has 15 heavy (non-hydrogen) atoms. The van der Waals surface area contributed by atoms with Crippen molar-refractivity contribution in [2.45, 2.75) is 38.3 Å². The van der Waals surface area contributed by atoms with E-state index in [1.807, 2.05) is 6.92 Å². The van der Waals surface area contributed by atoms with Gasteiger partial charge >= 0.3 is 0 Å². The van der Waals surface area contributed by atoms with Crippen LogP contribution < -0.4 is 10.6 Å². The number of rotatable bonds is 5. The van der Waals surface area contributed by atoms with Crippen molar-refractivity contribution in [2.24, 2.45) is 0 Å². The van der Waals surface area contributed by atoms with E-state index in [-0.39, 0.29) is 18.0 Å². The third kappa shape index (κ3) is 4.75. The fourth-order valence-corrected chi connectivity index (χ4v) is 2.35. The second-order valence-corrected chi connectivity index (χ2v) is 5.68. The first kappa shape index (κ1) is 12.6. The Morgan fingerprint density at radius 3 is 2.93 bits per heavy atom. The van der Waals surface area contributed by atoms with Crippen LogP contribution in [-0.4, -0.2) is 40.8 Å². The Hall–Kier alpha value is -0.420. The number of nitrogens with one attached hydrogen (secondary N) is 2. The highest BCUT2D eigenvalue weighted by molar-refractivity contribution is 7.84. The van der Waals surface area contributed by atoms with Crippen molar-refractivity contribution in [1.29, 1.82) is 0 Å². The summed E-state index contributed by atoms with van der Waals surface area (Å²) >= 11 is 0. The smallest absolute Gasteiger partial charge is 0.237 e. The molecule has 2 N–H and O–H groups in total. The Bertz CT molecular complexity index is 240. The first-order valence-corrected chi connectivity index (χ1v) is 7.16. The summed E-state index contributed by atoms with van der Waals surface area (Å²) in [4.78, 5) is 11.7. The molecule has 1 heterocycles. The van der Waals surface area contributed by atoms with E-state index in [1.54, 1.807) is 6.26 Å². The minimum absolute atomic E-state index is 0.0143. The largest absolute Gasteiger partial charge is 0.352 e. The van der Waals surface area contributed by atoms with E-state index in [1.165, 1.54) is 0 Å². The van der Waals surface area contributed by atoms with Gasteiger partial charge in [0, 0.05) is 28.9 Å². The van der Waals surface area contributed by atoms with E-state index in [4.69, 9.17) is 0 Å². The van der Waals surface area contributed by atoms with Crippen LogP contribution in [0, 0.1) is 0 Å². The molecule has 4 nitrogen and oxygen atoms in total. The van der Waals surface area contributed by atoms with Gasteiger partial charge in [0.05, 0.1) is 6.04 Å². The Morgan fingerprint density at radius 2 is 2.40 bits per heavy atom. The van der Waals surface area contributed by atoms with Crippen LogP contribution in [0.25, 0.3) is 0 Å². The summed E-state index contributed by atoms with van der Waals surface area (Å²) < 4.78 is 10.9. The molecule has 1 aliphatic heterocycles. The fourth-order valence-electron chi connectivity index (χ4n) is 1.67. The molecule has 5 heteroatoms. The number of hydrogen-bond donors (Lipinski definition) is 2. The molecule has 88 valence electrons. The van der Waals surface area contributed by atoms with E-state index < -0.39 is 10.8 Å². The Labute approximate surface area is 93.7 Å². The molecule has 0 aromatic heterocycles. The van der Waals surface area contributed by atoms with Crippen molar-refractivity contribution in [3.05, 3.63) is 0 Å². The van der Waals surface area contributed by atoms with Gasteiger partial charge in [-0.15, -0.1) is 0 Å². The maximum atomic E-state index is 11.7. The molecule has 0 saturated carbocycles. The van der Waals surface area contributed by atoms with Crippen LogP contribution in [0.5, 0.6) is 0 Å². The highest BCUT2D eigenvalue weighted by atomic mass is 32.2. The van der Waals surface area contributed by atoms with Crippen LogP contribution in [0.3, 0.4) is 0 Å². The van der Waals surface area contributed by atoms with Gasteiger partial charge < -0.3 is 10.6 Å². The van der Waals surface area contributed by atoms with E-state index >= 15 is 0 Å². The van der Waals surface area contributed by atoms with E-state index in [2.05, 4.69) is 10.6 Å². The summed E-state index contributed by atoms with van der Waals surface area (Å²) in [6.07, 6.45) is 4.47. The van der Waals surface area contributed by atoms with Crippen LogP contribution in [0.1, 0.15) is 26.2 Å². The third-order valence-electron chi connectivity index (χ3n) is 2.60. The van der Waals surface area contributed by atoms with Crippen molar-refractivity contribution in [3.63, 3.8) is 0 Å². The number of carbonyl (C=O) groups excluding carboxylic acids is 1. The van der Waals surface area contributed by atoms with E-state index in [0.717, 1.165) is 25.8 Å². The van der Waals surface area contributed by atoms with Crippen molar-refractivity contribution in [2.75, 3.05) is 18.6 Å². The van der Waals surface area contributed by atoms with Gasteiger partial charge in [0.15, 0.2) is 0 Å². The second-order valence-electron chi connectivity index (χ2n) is 4.12. The minimum atomic E-state index is -0.770.